The third kappa shape index (κ3) is 4.74. The van der Waals surface area contributed by atoms with Crippen LogP contribution in [0.15, 0.2) is 73.7 Å². The number of anilines is 1. The zero-order chi connectivity index (χ0) is 27.9. The molecule has 0 fully saturated rings. The first-order valence-corrected chi connectivity index (χ1v) is 13.1. The second kappa shape index (κ2) is 10.2. The molecule has 5 heterocycles. The molecule has 0 saturated heterocycles. The second-order valence-electron chi connectivity index (χ2n) is 10.3. The van der Waals surface area contributed by atoms with Crippen LogP contribution >= 0.6 is 0 Å². The fourth-order valence-electron chi connectivity index (χ4n) is 4.92. The second-order valence-corrected chi connectivity index (χ2v) is 10.3. The van der Waals surface area contributed by atoms with Crippen LogP contribution in [0, 0.1) is 5.82 Å². The molecule has 0 bridgehead atoms. The number of rotatable bonds is 7. The standard InChI is InChI=1S/C29H30FN9O/c1-19(17-40)38-16-22(12-35-38)21-11-26-28(34-18-36-39(26)15-21)37-9-7-20(8-10-37)27-32-13-24(14-33-27)29(2,31)23-3-5-25(30)6-4-23/h3-7,11-16,18-19,40H,8-10,17,31H2,1-2H3/t19-,29?/m1/s1. The summed E-state index contributed by atoms with van der Waals surface area (Å²) in [5.74, 6) is 1.22. The van der Waals surface area contributed by atoms with Crippen molar-refractivity contribution in [2.45, 2.75) is 31.8 Å². The first kappa shape index (κ1) is 25.8. The lowest BCUT2D eigenvalue weighted by Crippen LogP contribution is -2.34. The number of hydrogen-bond acceptors (Lipinski definition) is 8. The molecule has 5 aromatic rings. The van der Waals surface area contributed by atoms with Crippen molar-refractivity contribution >= 4 is 16.9 Å². The molecule has 0 spiro atoms. The van der Waals surface area contributed by atoms with E-state index < -0.39 is 5.54 Å². The number of benzene rings is 1. The summed E-state index contributed by atoms with van der Waals surface area (Å²) in [7, 11) is 0. The van der Waals surface area contributed by atoms with Crippen molar-refractivity contribution < 1.29 is 9.50 Å². The van der Waals surface area contributed by atoms with Gasteiger partial charge in [0.15, 0.2) is 11.6 Å². The summed E-state index contributed by atoms with van der Waals surface area (Å²) in [6.45, 7) is 5.21. The van der Waals surface area contributed by atoms with E-state index in [-0.39, 0.29) is 18.5 Å². The van der Waals surface area contributed by atoms with E-state index in [1.165, 1.54) is 12.1 Å². The summed E-state index contributed by atoms with van der Waals surface area (Å²) >= 11 is 0. The quantitative estimate of drug-likeness (QED) is 0.322. The molecule has 1 unspecified atom stereocenters. The first-order chi connectivity index (χ1) is 19.3. The van der Waals surface area contributed by atoms with Gasteiger partial charge in [-0.1, -0.05) is 18.2 Å². The van der Waals surface area contributed by atoms with Gasteiger partial charge in [-0.3, -0.25) is 4.68 Å². The van der Waals surface area contributed by atoms with E-state index >= 15 is 0 Å². The zero-order valence-corrected chi connectivity index (χ0v) is 22.3. The van der Waals surface area contributed by atoms with Gasteiger partial charge in [-0.2, -0.15) is 10.2 Å². The smallest absolute Gasteiger partial charge is 0.156 e. The largest absolute Gasteiger partial charge is 0.394 e. The average Bonchev–Trinajstić information content (AvgIpc) is 3.65. The molecule has 204 valence electrons. The molecule has 1 aliphatic heterocycles. The van der Waals surface area contributed by atoms with Crippen LogP contribution in [-0.4, -0.2) is 59.1 Å². The maximum absolute atomic E-state index is 13.4. The molecule has 1 aliphatic rings. The van der Waals surface area contributed by atoms with Crippen molar-refractivity contribution in [3.05, 3.63) is 96.5 Å². The SMILES string of the molecule is C[C@H](CO)n1cc(-c2cc3c(N4CC=C(c5ncc(C(C)(N)c6ccc(F)cc6)cn5)CC4)ncnn3c2)cn1. The molecule has 4 aromatic heterocycles. The number of halogens is 1. The van der Waals surface area contributed by atoms with Gasteiger partial charge >= 0.3 is 0 Å². The molecule has 3 N–H and O–H groups in total. The Morgan fingerprint density at radius 2 is 1.80 bits per heavy atom. The third-order valence-electron chi connectivity index (χ3n) is 7.53. The van der Waals surface area contributed by atoms with Crippen LogP contribution in [-0.2, 0) is 5.54 Å². The highest BCUT2D eigenvalue weighted by Gasteiger charge is 2.26. The van der Waals surface area contributed by atoms with Crippen molar-refractivity contribution in [1.29, 1.82) is 0 Å². The van der Waals surface area contributed by atoms with E-state index in [4.69, 9.17) is 5.73 Å². The van der Waals surface area contributed by atoms with Gasteiger partial charge in [0.05, 0.1) is 24.4 Å². The Balaban J connectivity index is 1.20. The van der Waals surface area contributed by atoms with Gasteiger partial charge in [-0.15, -0.1) is 0 Å². The topological polar surface area (TPSA) is 123 Å². The number of nitrogens with zero attached hydrogens (tertiary/aromatic N) is 8. The Morgan fingerprint density at radius 1 is 1.02 bits per heavy atom. The maximum atomic E-state index is 13.4. The summed E-state index contributed by atoms with van der Waals surface area (Å²) in [5, 5.41) is 18.2. The number of fused-ring (bicyclic) bond motifs is 1. The minimum atomic E-state index is -0.839. The summed E-state index contributed by atoms with van der Waals surface area (Å²) in [6.07, 6.45) is 13.6. The lowest BCUT2D eigenvalue weighted by Gasteiger charge is -2.28. The van der Waals surface area contributed by atoms with E-state index in [1.807, 2.05) is 30.8 Å². The van der Waals surface area contributed by atoms with Crippen molar-refractivity contribution in [2.75, 3.05) is 24.6 Å². The molecule has 10 nitrogen and oxygen atoms in total. The molecular formula is C29H30FN9O. The fourth-order valence-corrected chi connectivity index (χ4v) is 4.92. The average molecular weight is 540 g/mol. The molecule has 0 saturated carbocycles. The number of aliphatic hydroxyl groups is 1. The van der Waals surface area contributed by atoms with E-state index in [0.717, 1.165) is 52.1 Å². The minimum absolute atomic E-state index is 0.0243. The molecule has 11 heteroatoms. The van der Waals surface area contributed by atoms with Crippen LogP contribution in [0.4, 0.5) is 10.2 Å². The molecule has 0 radical (unpaired) electrons. The lowest BCUT2D eigenvalue weighted by molar-refractivity contribution is 0.230. The molecule has 40 heavy (non-hydrogen) atoms. The van der Waals surface area contributed by atoms with Crippen LogP contribution < -0.4 is 10.6 Å². The van der Waals surface area contributed by atoms with Gasteiger partial charge in [-0.25, -0.2) is 23.9 Å². The van der Waals surface area contributed by atoms with Crippen LogP contribution in [0.3, 0.4) is 0 Å². The van der Waals surface area contributed by atoms with Crippen LogP contribution in [0.25, 0.3) is 22.2 Å². The summed E-state index contributed by atoms with van der Waals surface area (Å²) < 4.78 is 16.9. The number of hydrogen-bond donors (Lipinski definition) is 2. The number of nitrogens with two attached hydrogens (primary N) is 1. The van der Waals surface area contributed by atoms with Gasteiger partial charge in [0.1, 0.15) is 17.7 Å². The Labute approximate surface area is 230 Å². The molecule has 1 aromatic carbocycles. The number of aromatic nitrogens is 7. The molecule has 6 rings (SSSR count). The predicted octanol–water partition coefficient (Wildman–Crippen LogP) is 3.59. The lowest BCUT2D eigenvalue weighted by atomic mass is 9.87. The number of aliphatic hydroxyl groups excluding tert-OH is 1. The minimum Gasteiger partial charge on any atom is -0.394 e. The monoisotopic (exact) mass is 539 g/mol. The normalized spacial score (nSPS) is 16.1. The predicted molar refractivity (Wildman–Crippen MR) is 150 cm³/mol. The van der Waals surface area contributed by atoms with Crippen molar-refractivity contribution in [3.8, 4) is 11.1 Å². The Hall–Kier alpha value is -4.48. The zero-order valence-electron chi connectivity index (χ0n) is 22.3. The van der Waals surface area contributed by atoms with Crippen LogP contribution in [0.2, 0.25) is 0 Å². The molecule has 0 amide bonds. The molecular weight excluding hydrogens is 509 g/mol. The van der Waals surface area contributed by atoms with E-state index in [9.17, 15) is 9.50 Å². The summed E-state index contributed by atoms with van der Waals surface area (Å²) in [4.78, 5) is 16.0. The van der Waals surface area contributed by atoms with Gasteiger partial charge < -0.3 is 15.7 Å². The van der Waals surface area contributed by atoms with Gasteiger partial charge in [0.2, 0.25) is 0 Å². The maximum Gasteiger partial charge on any atom is 0.156 e. The van der Waals surface area contributed by atoms with Gasteiger partial charge in [0.25, 0.3) is 0 Å². The summed E-state index contributed by atoms with van der Waals surface area (Å²) in [6, 6.07) is 8.15. The van der Waals surface area contributed by atoms with Crippen LogP contribution in [0.5, 0.6) is 0 Å². The van der Waals surface area contributed by atoms with E-state index in [1.54, 1.807) is 41.7 Å². The first-order valence-electron chi connectivity index (χ1n) is 13.1. The van der Waals surface area contributed by atoms with Crippen molar-refractivity contribution in [3.63, 3.8) is 0 Å². The summed E-state index contributed by atoms with van der Waals surface area (Å²) in [5.41, 5.74) is 11.2. The van der Waals surface area contributed by atoms with E-state index in [0.29, 0.717) is 12.4 Å². The van der Waals surface area contributed by atoms with Crippen molar-refractivity contribution in [2.24, 2.45) is 5.73 Å². The highest BCUT2D eigenvalue weighted by molar-refractivity contribution is 5.78. The third-order valence-corrected chi connectivity index (χ3v) is 7.53. The fraction of sp³-hybridized carbons (Fsp3) is 0.276. The van der Waals surface area contributed by atoms with Crippen LogP contribution in [0.1, 0.15) is 43.3 Å². The molecule has 2 atom stereocenters. The van der Waals surface area contributed by atoms with Crippen molar-refractivity contribution in [1.82, 2.24) is 34.3 Å². The van der Waals surface area contributed by atoms with Gasteiger partial charge in [0, 0.05) is 54.6 Å². The van der Waals surface area contributed by atoms with E-state index in [2.05, 4.69) is 42.2 Å². The highest BCUT2D eigenvalue weighted by Crippen LogP contribution is 2.30. The molecule has 0 aliphatic carbocycles. The Kier molecular flexibility index (Phi) is 6.60. The Morgan fingerprint density at radius 3 is 2.50 bits per heavy atom. The highest BCUT2D eigenvalue weighted by atomic mass is 19.1. The van der Waals surface area contributed by atoms with Gasteiger partial charge in [-0.05, 0) is 49.6 Å². The Bertz CT molecular complexity index is 1670.